The largest absolute Gasteiger partial charge is 0.338 e. The number of nitrogens with zero attached hydrogens (tertiary/aromatic N) is 3. The maximum atomic E-state index is 14.7. The van der Waals surface area contributed by atoms with E-state index in [1.807, 2.05) is 22.6 Å². The molecule has 0 amide bonds. The van der Waals surface area contributed by atoms with E-state index in [1.54, 1.807) is 30.7 Å². The van der Waals surface area contributed by atoms with E-state index in [4.69, 9.17) is 5.73 Å². The fourth-order valence-electron chi connectivity index (χ4n) is 5.82. The van der Waals surface area contributed by atoms with Crippen molar-refractivity contribution < 1.29 is 4.39 Å². The summed E-state index contributed by atoms with van der Waals surface area (Å²) in [6.07, 6.45) is 3.44. The van der Waals surface area contributed by atoms with Crippen LogP contribution in [0, 0.1) is 16.3 Å². The standard InChI is InChI=1S/C23H23FIN5O3/c1-11-17-16(18(28(2)19(11)31)27-15-6-3-12(25)7-14(15)24)20(32)29(13-4-5-13)21(33)30(17)23-8-22(26,9-23)10-23/h3,6-7,13,27H,4-5,8-10,26H2,1-2H3. The van der Waals surface area contributed by atoms with Gasteiger partial charge in [0.15, 0.2) is 0 Å². The minimum absolute atomic E-state index is 0.150. The molecule has 0 atom stereocenters. The molecule has 0 radical (unpaired) electrons. The van der Waals surface area contributed by atoms with E-state index in [-0.39, 0.29) is 39.7 Å². The third-order valence-corrected chi connectivity index (χ3v) is 8.13. The van der Waals surface area contributed by atoms with Gasteiger partial charge < -0.3 is 11.1 Å². The molecule has 3 N–H and O–H groups in total. The molecule has 2 bridgehead atoms. The maximum absolute atomic E-state index is 14.7. The van der Waals surface area contributed by atoms with E-state index in [9.17, 15) is 18.8 Å². The number of rotatable bonds is 4. The number of benzene rings is 1. The van der Waals surface area contributed by atoms with Crippen LogP contribution in [0.2, 0.25) is 0 Å². The van der Waals surface area contributed by atoms with Gasteiger partial charge in [0.25, 0.3) is 11.1 Å². The fraction of sp³-hybridized carbons (Fsp3) is 0.435. The summed E-state index contributed by atoms with van der Waals surface area (Å²) in [7, 11) is 1.55. The maximum Gasteiger partial charge on any atom is 0.332 e. The third-order valence-electron chi connectivity index (χ3n) is 7.46. The molecule has 8 nitrogen and oxygen atoms in total. The average molecular weight is 563 g/mol. The van der Waals surface area contributed by atoms with Crippen molar-refractivity contribution in [1.29, 1.82) is 0 Å². The molecule has 2 heterocycles. The summed E-state index contributed by atoms with van der Waals surface area (Å²) < 4.78 is 19.7. The Hall–Kier alpha value is -2.47. The van der Waals surface area contributed by atoms with Gasteiger partial charge in [0, 0.05) is 27.8 Å². The van der Waals surface area contributed by atoms with Crippen LogP contribution in [-0.4, -0.2) is 19.2 Å². The van der Waals surface area contributed by atoms with Gasteiger partial charge in [-0.25, -0.2) is 9.18 Å². The van der Waals surface area contributed by atoms with Gasteiger partial charge in [-0.05, 0) is 79.8 Å². The molecule has 0 saturated heterocycles. The van der Waals surface area contributed by atoms with E-state index in [2.05, 4.69) is 5.32 Å². The number of anilines is 2. The molecule has 0 spiro atoms. The van der Waals surface area contributed by atoms with E-state index >= 15 is 0 Å². The van der Waals surface area contributed by atoms with Crippen molar-refractivity contribution in [2.75, 3.05) is 5.32 Å². The lowest BCUT2D eigenvalue weighted by molar-refractivity contribution is -0.115. The second kappa shape index (κ2) is 6.56. The number of nitrogens with two attached hydrogens (primary N) is 1. The molecule has 10 heteroatoms. The van der Waals surface area contributed by atoms with Crippen molar-refractivity contribution in [1.82, 2.24) is 13.7 Å². The number of aromatic nitrogens is 3. The van der Waals surface area contributed by atoms with Crippen LogP contribution >= 0.6 is 22.6 Å². The first-order valence-electron chi connectivity index (χ1n) is 11.0. The zero-order valence-electron chi connectivity index (χ0n) is 18.2. The SMILES string of the molecule is Cc1c(=O)n(C)c(Nc2ccc(I)cc2F)c2c(=O)n(C3CC3)c(=O)n(C34CC(N)(C3)C4)c12. The number of aryl methyl sites for hydroxylation is 1. The van der Waals surface area contributed by atoms with Crippen LogP contribution in [-0.2, 0) is 12.6 Å². The Morgan fingerprint density at radius 1 is 1.15 bits per heavy atom. The third kappa shape index (κ3) is 2.79. The summed E-state index contributed by atoms with van der Waals surface area (Å²) in [4.78, 5) is 40.6. The number of hydrogen-bond acceptors (Lipinski definition) is 5. The first-order chi connectivity index (χ1) is 15.6. The van der Waals surface area contributed by atoms with Crippen LogP contribution in [0.3, 0.4) is 0 Å². The van der Waals surface area contributed by atoms with E-state index in [0.717, 1.165) is 16.4 Å². The Morgan fingerprint density at radius 2 is 1.82 bits per heavy atom. The predicted octanol–water partition coefficient (Wildman–Crippen LogP) is 2.58. The van der Waals surface area contributed by atoms with Gasteiger partial charge in [0.05, 0.1) is 16.7 Å². The highest BCUT2D eigenvalue weighted by Crippen LogP contribution is 2.63. The Morgan fingerprint density at radius 3 is 2.39 bits per heavy atom. The van der Waals surface area contributed by atoms with Crippen molar-refractivity contribution in [3.8, 4) is 0 Å². The van der Waals surface area contributed by atoms with Gasteiger partial charge in [0.2, 0.25) is 0 Å². The summed E-state index contributed by atoms with van der Waals surface area (Å²) in [6.45, 7) is 1.64. The molecular formula is C23H23FIN5O3. The Kier molecular flexibility index (Phi) is 4.19. The van der Waals surface area contributed by atoms with Crippen LogP contribution in [0.5, 0.6) is 0 Å². The van der Waals surface area contributed by atoms with Gasteiger partial charge in [-0.15, -0.1) is 0 Å². The minimum Gasteiger partial charge on any atom is -0.338 e. The molecule has 172 valence electrons. The van der Waals surface area contributed by atoms with Crippen molar-refractivity contribution in [3.63, 3.8) is 0 Å². The Balaban J connectivity index is 1.72. The highest BCUT2D eigenvalue weighted by molar-refractivity contribution is 14.1. The van der Waals surface area contributed by atoms with Crippen molar-refractivity contribution in [2.45, 2.75) is 56.1 Å². The van der Waals surface area contributed by atoms with Crippen LogP contribution in [0.15, 0.2) is 32.6 Å². The highest BCUT2D eigenvalue weighted by Gasteiger charge is 2.68. The number of nitrogens with one attached hydrogen (secondary N) is 1. The molecule has 4 fully saturated rings. The lowest BCUT2D eigenvalue weighted by atomic mass is 9.44. The summed E-state index contributed by atoms with van der Waals surface area (Å²) >= 11 is 2.02. The van der Waals surface area contributed by atoms with Crippen LogP contribution in [0.4, 0.5) is 15.9 Å². The molecule has 7 rings (SSSR count). The average Bonchev–Trinajstić information content (AvgIpc) is 3.53. The molecule has 4 saturated carbocycles. The van der Waals surface area contributed by atoms with Gasteiger partial charge >= 0.3 is 5.69 Å². The topological polar surface area (TPSA) is 104 Å². The van der Waals surface area contributed by atoms with Crippen LogP contribution in [0.25, 0.3) is 10.9 Å². The van der Waals surface area contributed by atoms with E-state index < -0.39 is 16.9 Å². The fourth-order valence-corrected chi connectivity index (χ4v) is 6.28. The monoisotopic (exact) mass is 563 g/mol. The predicted molar refractivity (Wildman–Crippen MR) is 132 cm³/mol. The molecule has 1 aromatic carbocycles. The lowest BCUT2D eigenvalue weighted by Crippen LogP contribution is -2.78. The normalized spacial score (nSPS) is 25.6. The molecule has 4 aliphatic carbocycles. The van der Waals surface area contributed by atoms with E-state index in [1.165, 1.54) is 15.2 Å². The van der Waals surface area contributed by atoms with E-state index in [0.29, 0.717) is 30.3 Å². The molecule has 2 aromatic heterocycles. The number of fused-ring (bicyclic) bond motifs is 1. The second-order valence-corrected chi connectivity index (χ2v) is 11.2. The Labute approximate surface area is 201 Å². The quantitative estimate of drug-likeness (QED) is 0.476. The number of halogens is 2. The van der Waals surface area contributed by atoms with Crippen molar-refractivity contribution in [2.24, 2.45) is 12.8 Å². The smallest absolute Gasteiger partial charge is 0.332 e. The molecule has 3 aromatic rings. The van der Waals surface area contributed by atoms with Crippen molar-refractivity contribution in [3.05, 3.63) is 64.3 Å². The van der Waals surface area contributed by atoms with Crippen molar-refractivity contribution >= 4 is 45.0 Å². The van der Waals surface area contributed by atoms with Gasteiger partial charge in [-0.3, -0.25) is 23.3 Å². The van der Waals surface area contributed by atoms with Gasteiger partial charge in [-0.1, -0.05) is 0 Å². The molecule has 0 unspecified atom stereocenters. The minimum atomic E-state index is -0.497. The van der Waals surface area contributed by atoms with Crippen LogP contribution < -0.4 is 27.9 Å². The molecule has 4 aliphatic rings. The van der Waals surface area contributed by atoms with Gasteiger partial charge in [0.1, 0.15) is 17.0 Å². The molecule has 33 heavy (non-hydrogen) atoms. The summed E-state index contributed by atoms with van der Waals surface area (Å²) in [6, 6.07) is 4.53. The second-order valence-electron chi connectivity index (χ2n) is 9.95. The van der Waals surface area contributed by atoms with Crippen LogP contribution in [0.1, 0.15) is 43.7 Å². The number of pyridine rings is 1. The lowest BCUT2D eigenvalue weighted by Gasteiger charge is -2.69. The highest BCUT2D eigenvalue weighted by atomic mass is 127. The zero-order valence-corrected chi connectivity index (χ0v) is 20.4. The first kappa shape index (κ1) is 21.1. The summed E-state index contributed by atoms with van der Waals surface area (Å²) in [5.74, 6) is -0.314. The molecule has 0 aliphatic heterocycles. The zero-order chi connectivity index (χ0) is 23.4. The molecular weight excluding hydrogens is 540 g/mol. The van der Waals surface area contributed by atoms with Gasteiger partial charge in [-0.2, -0.15) is 0 Å². The summed E-state index contributed by atoms with van der Waals surface area (Å²) in [5.41, 5.74) is 5.19. The Bertz CT molecular complexity index is 1550. The summed E-state index contributed by atoms with van der Waals surface area (Å²) in [5, 5.41) is 3.22. The number of hydrogen-bond donors (Lipinski definition) is 2. The first-order valence-corrected chi connectivity index (χ1v) is 12.1.